The van der Waals surface area contributed by atoms with Crippen LogP contribution in [0.15, 0.2) is 52.0 Å². The lowest BCUT2D eigenvalue weighted by molar-refractivity contribution is 0.327. The van der Waals surface area contributed by atoms with Crippen molar-refractivity contribution in [3.63, 3.8) is 0 Å². The molecule has 0 saturated carbocycles. The summed E-state index contributed by atoms with van der Waals surface area (Å²) in [5.41, 5.74) is 1.56. The number of halogens is 1. The topological polar surface area (TPSA) is 89.3 Å². The van der Waals surface area contributed by atoms with Crippen LogP contribution in [0, 0.1) is 18.3 Å². The summed E-state index contributed by atoms with van der Waals surface area (Å²) in [6.45, 7) is 3.92. The molecule has 0 aliphatic heterocycles. The SMILES string of the molecule is CCOc1cc(C#N)cc(Br)c1OS(=O)(=O)c1cccc2cc(C)cnc12. The van der Waals surface area contributed by atoms with Gasteiger partial charge in [-0.25, -0.2) is 0 Å². The van der Waals surface area contributed by atoms with Crippen LogP contribution in [0.3, 0.4) is 0 Å². The quantitative estimate of drug-likeness (QED) is 0.541. The van der Waals surface area contributed by atoms with Gasteiger partial charge < -0.3 is 8.92 Å². The van der Waals surface area contributed by atoms with Crippen LogP contribution in [0.5, 0.6) is 11.5 Å². The van der Waals surface area contributed by atoms with Gasteiger partial charge in [0.05, 0.1) is 28.2 Å². The number of hydrogen-bond donors (Lipinski definition) is 0. The third-order valence-electron chi connectivity index (χ3n) is 3.71. The first-order chi connectivity index (χ1) is 12.9. The Morgan fingerprint density at radius 2 is 2.04 bits per heavy atom. The molecule has 3 rings (SSSR count). The molecule has 0 aliphatic carbocycles. The van der Waals surface area contributed by atoms with E-state index in [4.69, 9.17) is 14.2 Å². The van der Waals surface area contributed by atoms with Gasteiger partial charge in [-0.05, 0) is 53.5 Å². The lowest BCUT2D eigenvalue weighted by Gasteiger charge is -2.14. The van der Waals surface area contributed by atoms with E-state index in [-0.39, 0.29) is 23.0 Å². The fourth-order valence-electron chi connectivity index (χ4n) is 2.58. The molecule has 1 aromatic heterocycles. The van der Waals surface area contributed by atoms with Crippen molar-refractivity contribution in [3.05, 3.63) is 58.2 Å². The molecule has 0 saturated heterocycles. The smallest absolute Gasteiger partial charge is 0.341 e. The molecule has 8 heteroatoms. The molecule has 0 fully saturated rings. The highest BCUT2D eigenvalue weighted by Crippen LogP contribution is 2.39. The maximum absolute atomic E-state index is 13.0. The lowest BCUT2D eigenvalue weighted by Crippen LogP contribution is -2.12. The van der Waals surface area contributed by atoms with E-state index < -0.39 is 10.1 Å². The van der Waals surface area contributed by atoms with Crippen molar-refractivity contribution in [3.8, 4) is 17.6 Å². The van der Waals surface area contributed by atoms with Gasteiger partial charge in [0.15, 0.2) is 11.5 Å². The molecular formula is C19H15BrN2O4S. The fraction of sp³-hybridized carbons (Fsp3) is 0.158. The minimum atomic E-state index is -4.19. The van der Waals surface area contributed by atoms with Gasteiger partial charge in [0.2, 0.25) is 0 Å². The maximum Gasteiger partial charge on any atom is 0.341 e. The summed E-state index contributed by atoms with van der Waals surface area (Å²) < 4.78 is 37.1. The first-order valence-corrected chi connectivity index (χ1v) is 10.2. The Labute approximate surface area is 165 Å². The van der Waals surface area contributed by atoms with Crippen LogP contribution in [0.25, 0.3) is 10.9 Å². The van der Waals surface area contributed by atoms with E-state index in [0.717, 1.165) is 5.56 Å². The second kappa shape index (κ2) is 7.55. The molecule has 2 aromatic carbocycles. The second-order valence-electron chi connectivity index (χ2n) is 5.71. The minimum Gasteiger partial charge on any atom is -0.490 e. The van der Waals surface area contributed by atoms with E-state index in [1.165, 1.54) is 18.2 Å². The van der Waals surface area contributed by atoms with Gasteiger partial charge in [-0.3, -0.25) is 4.98 Å². The Balaban J connectivity index is 2.12. The van der Waals surface area contributed by atoms with E-state index in [2.05, 4.69) is 20.9 Å². The zero-order chi connectivity index (χ0) is 19.6. The summed E-state index contributed by atoms with van der Waals surface area (Å²) in [6, 6.07) is 11.6. The van der Waals surface area contributed by atoms with Crippen LogP contribution in [-0.4, -0.2) is 20.0 Å². The van der Waals surface area contributed by atoms with Crippen molar-refractivity contribution in [2.75, 3.05) is 6.61 Å². The first-order valence-electron chi connectivity index (χ1n) is 8.02. The Hall–Kier alpha value is -2.63. The number of hydrogen-bond acceptors (Lipinski definition) is 6. The van der Waals surface area contributed by atoms with Crippen LogP contribution in [-0.2, 0) is 10.1 Å². The molecule has 0 spiro atoms. The van der Waals surface area contributed by atoms with Crippen molar-refractivity contribution in [1.82, 2.24) is 4.98 Å². The number of aromatic nitrogens is 1. The van der Waals surface area contributed by atoms with Gasteiger partial charge in [0.1, 0.15) is 4.90 Å². The van der Waals surface area contributed by atoms with Crippen LogP contribution in [0.4, 0.5) is 0 Å². The number of benzene rings is 2. The molecular weight excluding hydrogens is 432 g/mol. The molecule has 27 heavy (non-hydrogen) atoms. The number of pyridine rings is 1. The van der Waals surface area contributed by atoms with Gasteiger partial charge in [-0.1, -0.05) is 12.1 Å². The van der Waals surface area contributed by atoms with Gasteiger partial charge in [-0.2, -0.15) is 13.7 Å². The van der Waals surface area contributed by atoms with Crippen molar-refractivity contribution in [1.29, 1.82) is 5.26 Å². The van der Waals surface area contributed by atoms with Crippen molar-refractivity contribution in [2.24, 2.45) is 0 Å². The van der Waals surface area contributed by atoms with E-state index in [9.17, 15) is 8.42 Å². The van der Waals surface area contributed by atoms with Crippen LogP contribution < -0.4 is 8.92 Å². The molecule has 3 aromatic rings. The molecule has 0 N–H and O–H groups in total. The molecule has 1 heterocycles. The molecule has 0 amide bonds. The summed E-state index contributed by atoms with van der Waals surface area (Å²) in [4.78, 5) is 4.21. The number of nitriles is 1. The Morgan fingerprint density at radius 3 is 2.74 bits per heavy atom. The highest BCUT2D eigenvalue weighted by molar-refractivity contribution is 9.10. The average Bonchev–Trinajstić information content (AvgIpc) is 2.63. The van der Waals surface area contributed by atoms with E-state index in [0.29, 0.717) is 20.9 Å². The Morgan fingerprint density at radius 1 is 1.26 bits per heavy atom. The molecule has 0 aliphatic rings. The molecule has 0 bridgehead atoms. The largest absolute Gasteiger partial charge is 0.490 e. The van der Waals surface area contributed by atoms with Gasteiger partial charge >= 0.3 is 10.1 Å². The minimum absolute atomic E-state index is 0.0139. The van der Waals surface area contributed by atoms with E-state index in [1.54, 1.807) is 25.3 Å². The number of para-hydroxylation sites is 1. The lowest BCUT2D eigenvalue weighted by atomic mass is 10.2. The summed E-state index contributed by atoms with van der Waals surface area (Å²) in [7, 11) is -4.19. The molecule has 0 atom stereocenters. The summed E-state index contributed by atoms with van der Waals surface area (Å²) in [6.07, 6.45) is 1.60. The third kappa shape index (κ3) is 3.89. The highest BCUT2D eigenvalue weighted by Gasteiger charge is 2.25. The molecule has 0 radical (unpaired) electrons. The van der Waals surface area contributed by atoms with Crippen molar-refractivity contribution < 1.29 is 17.3 Å². The third-order valence-corrected chi connectivity index (χ3v) is 5.55. The van der Waals surface area contributed by atoms with Crippen LogP contribution >= 0.6 is 15.9 Å². The normalized spacial score (nSPS) is 11.2. The second-order valence-corrected chi connectivity index (χ2v) is 8.08. The number of ether oxygens (including phenoxy) is 1. The zero-order valence-electron chi connectivity index (χ0n) is 14.6. The Kier molecular flexibility index (Phi) is 5.35. The molecule has 138 valence electrons. The fourth-order valence-corrected chi connectivity index (χ4v) is 4.34. The average molecular weight is 447 g/mol. The first kappa shape index (κ1) is 19.1. The summed E-state index contributed by atoms with van der Waals surface area (Å²) >= 11 is 3.26. The van der Waals surface area contributed by atoms with Crippen molar-refractivity contribution >= 4 is 37.0 Å². The van der Waals surface area contributed by atoms with Gasteiger partial charge in [0, 0.05) is 17.6 Å². The standard InChI is InChI=1S/C19H15BrN2O4S/c1-3-25-16-9-13(10-21)8-15(20)19(16)26-27(23,24)17-6-4-5-14-7-12(2)11-22-18(14)17/h4-9,11H,3H2,1-2H3. The predicted octanol–water partition coefficient (Wildman–Crippen LogP) is 4.34. The van der Waals surface area contributed by atoms with Crippen LogP contribution in [0.1, 0.15) is 18.1 Å². The number of nitrogens with zero attached hydrogens (tertiary/aromatic N) is 2. The van der Waals surface area contributed by atoms with Crippen LogP contribution in [0.2, 0.25) is 0 Å². The predicted molar refractivity (Wildman–Crippen MR) is 104 cm³/mol. The summed E-state index contributed by atoms with van der Waals surface area (Å²) in [5, 5.41) is 9.80. The zero-order valence-corrected chi connectivity index (χ0v) is 17.0. The molecule has 6 nitrogen and oxygen atoms in total. The van der Waals surface area contributed by atoms with E-state index in [1.807, 2.05) is 19.1 Å². The summed E-state index contributed by atoms with van der Waals surface area (Å²) in [5.74, 6) is 0.149. The monoisotopic (exact) mass is 446 g/mol. The maximum atomic E-state index is 13.0. The van der Waals surface area contributed by atoms with E-state index >= 15 is 0 Å². The number of aryl methyl sites for hydroxylation is 1. The van der Waals surface area contributed by atoms with Gasteiger partial charge in [-0.15, -0.1) is 0 Å². The van der Waals surface area contributed by atoms with Gasteiger partial charge in [0.25, 0.3) is 0 Å². The number of rotatable bonds is 5. The highest BCUT2D eigenvalue weighted by atomic mass is 79.9. The van der Waals surface area contributed by atoms with Crippen molar-refractivity contribution in [2.45, 2.75) is 18.7 Å². The molecule has 0 unspecified atom stereocenters. The Bertz CT molecular complexity index is 1170. The number of fused-ring (bicyclic) bond motifs is 1.